The SMILES string of the molecule is Fc1cnc(N2CC[C@@H]3[C@H]2CCN3CC2CCOCC2)nc1. The smallest absolute Gasteiger partial charge is 0.225 e. The van der Waals surface area contributed by atoms with E-state index in [1.807, 2.05) is 0 Å². The third-order valence-corrected chi connectivity index (χ3v) is 5.39. The van der Waals surface area contributed by atoms with Crippen LogP contribution in [0.5, 0.6) is 0 Å². The van der Waals surface area contributed by atoms with Gasteiger partial charge in [0.1, 0.15) is 0 Å². The Morgan fingerprint density at radius 2 is 1.77 bits per heavy atom. The Morgan fingerprint density at radius 3 is 2.55 bits per heavy atom. The van der Waals surface area contributed by atoms with Crippen LogP contribution >= 0.6 is 0 Å². The van der Waals surface area contributed by atoms with Gasteiger partial charge in [-0.15, -0.1) is 0 Å². The fourth-order valence-corrected chi connectivity index (χ4v) is 4.26. The van der Waals surface area contributed by atoms with Crippen LogP contribution in [0.3, 0.4) is 0 Å². The van der Waals surface area contributed by atoms with Gasteiger partial charge in [-0.3, -0.25) is 4.90 Å². The average molecular weight is 306 g/mol. The topological polar surface area (TPSA) is 41.5 Å². The lowest BCUT2D eigenvalue weighted by Crippen LogP contribution is -2.40. The molecule has 0 amide bonds. The first-order valence-corrected chi connectivity index (χ1v) is 8.37. The Hall–Kier alpha value is -1.27. The number of nitrogens with zero attached hydrogens (tertiary/aromatic N) is 4. The van der Waals surface area contributed by atoms with Gasteiger partial charge in [0, 0.05) is 44.9 Å². The first kappa shape index (κ1) is 14.3. The molecule has 4 rings (SSSR count). The molecule has 0 saturated carbocycles. The minimum absolute atomic E-state index is 0.368. The van der Waals surface area contributed by atoms with Crippen LogP contribution in [0, 0.1) is 11.7 Å². The lowest BCUT2D eigenvalue weighted by atomic mass is 9.99. The van der Waals surface area contributed by atoms with E-state index < -0.39 is 0 Å². The first-order chi connectivity index (χ1) is 10.8. The van der Waals surface area contributed by atoms with Gasteiger partial charge in [0.15, 0.2) is 5.82 Å². The standard InChI is InChI=1S/C16H23FN4O/c17-13-9-18-16(19-10-13)21-6-2-14-15(21)1-5-20(14)11-12-3-7-22-8-4-12/h9-10,12,14-15H,1-8,11H2/t14-,15-/m1/s1. The van der Waals surface area contributed by atoms with E-state index >= 15 is 0 Å². The molecule has 120 valence electrons. The highest BCUT2D eigenvalue weighted by Crippen LogP contribution is 2.34. The van der Waals surface area contributed by atoms with Crippen LogP contribution in [-0.2, 0) is 4.74 Å². The summed E-state index contributed by atoms with van der Waals surface area (Å²) in [4.78, 5) is 13.3. The van der Waals surface area contributed by atoms with E-state index in [9.17, 15) is 4.39 Å². The summed E-state index contributed by atoms with van der Waals surface area (Å²) in [6.07, 6.45) is 7.25. The molecule has 2 atom stereocenters. The average Bonchev–Trinajstić information content (AvgIpc) is 3.13. The van der Waals surface area contributed by atoms with Crippen molar-refractivity contribution in [3.63, 3.8) is 0 Å². The number of anilines is 1. The summed E-state index contributed by atoms with van der Waals surface area (Å²) in [5.74, 6) is 1.09. The predicted octanol–water partition coefficient (Wildman–Crippen LogP) is 1.70. The Labute approximate surface area is 130 Å². The number of halogens is 1. The van der Waals surface area contributed by atoms with Crippen LogP contribution in [0.25, 0.3) is 0 Å². The van der Waals surface area contributed by atoms with E-state index in [0.29, 0.717) is 18.0 Å². The van der Waals surface area contributed by atoms with Gasteiger partial charge in [0.05, 0.1) is 12.4 Å². The zero-order valence-corrected chi connectivity index (χ0v) is 12.8. The third-order valence-electron chi connectivity index (χ3n) is 5.39. The maximum atomic E-state index is 13.0. The van der Waals surface area contributed by atoms with E-state index in [4.69, 9.17) is 4.74 Å². The summed E-state index contributed by atoms with van der Waals surface area (Å²) < 4.78 is 18.5. The molecule has 0 unspecified atom stereocenters. The minimum Gasteiger partial charge on any atom is -0.381 e. The fraction of sp³-hybridized carbons (Fsp3) is 0.750. The molecule has 1 aromatic heterocycles. The Morgan fingerprint density at radius 1 is 1.05 bits per heavy atom. The fourth-order valence-electron chi connectivity index (χ4n) is 4.26. The predicted molar refractivity (Wildman–Crippen MR) is 81.3 cm³/mol. The van der Waals surface area contributed by atoms with Gasteiger partial charge >= 0.3 is 0 Å². The summed E-state index contributed by atoms with van der Waals surface area (Å²) >= 11 is 0. The zero-order chi connectivity index (χ0) is 14.9. The van der Waals surface area contributed by atoms with Crippen molar-refractivity contribution in [1.82, 2.24) is 14.9 Å². The molecule has 22 heavy (non-hydrogen) atoms. The van der Waals surface area contributed by atoms with Crippen LogP contribution in [0.15, 0.2) is 12.4 Å². The number of ether oxygens (including phenoxy) is 1. The van der Waals surface area contributed by atoms with Crippen molar-refractivity contribution in [3.8, 4) is 0 Å². The van der Waals surface area contributed by atoms with Crippen molar-refractivity contribution in [3.05, 3.63) is 18.2 Å². The molecule has 0 radical (unpaired) electrons. The molecule has 3 aliphatic heterocycles. The summed E-state index contributed by atoms with van der Waals surface area (Å²) in [5.41, 5.74) is 0. The molecular formula is C16H23FN4O. The summed E-state index contributed by atoms with van der Waals surface area (Å²) in [7, 11) is 0. The third kappa shape index (κ3) is 2.70. The van der Waals surface area contributed by atoms with Crippen LogP contribution in [-0.4, -0.2) is 59.8 Å². The summed E-state index contributed by atoms with van der Waals surface area (Å²) in [6, 6.07) is 1.10. The second-order valence-electron chi connectivity index (χ2n) is 6.66. The van der Waals surface area contributed by atoms with Gasteiger partial charge in [-0.25, -0.2) is 14.4 Å². The minimum atomic E-state index is -0.368. The number of rotatable bonds is 3. The van der Waals surface area contributed by atoms with Crippen molar-refractivity contribution < 1.29 is 9.13 Å². The van der Waals surface area contributed by atoms with Crippen LogP contribution in [0.4, 0.5) is 10.3 Å². The van der Waals surface area contributed by atoms with E-state index in [1.54, 1.807) is 0 Å². The second kappa shape index (κ2) is 6.08. The van der Waals surface area contributed by atoms with Gasteiger partial charge in [0.2, 0.25) is 5.95 Å². The number of aromatic nitrogens is 2. The second-order valence-corrected chi connectivity index (χ2v) is 6.66. The molecular weight excluding hydrogens is 283 g/mol. The van der Waals surface area contributed by atoms with E-state index in [-0.39, 0.29) is 5.82 Å². The molecule has 0 aliphatic carbocycles. The number of hydrogen-bond donors (Lipinski definition) is 0. The van der Waals surface area contributed by atoms with Gasteiger partial charge in [0.25, 0.3) is 0 Å². The van der Waals surface area contributed by atoms with Gasteiger partial charge in [-0.2, -0.15) is 0 Å². The summed E-state index contributed by atoms with van der Waals surface area (Å²) in [6.45, 7) is 5.17. The van der Waals surface area contributed by atoms with Crippen molar-refractivity contribution in [2.24, 2.45) is 5.92 Å². The van der Waals surface area contributed by atoms with Gasteiger partial charge in [-0.1, -0.05) is 0 Å². The molecule has 5 nitrogen and oxygen atoms in total. The lowest BCUT2D eigenvalue weighted by Gasteiger charge is -2.30. The molecule has 3 aliphatic rings. The number of fused-ring (bicyclic) bond motifs is 1. The number of hydrogen-bond acceptors (Lipinski definition) is 5. The monoisotopic (exact) mass is 306 g/mol. The van der Waals surface area contributed by atoms with Crippen LogP contribution in [0.1, 0.15) is 25.7 Å². The first-order valence-electron chi connectivity index (χ1n) is 8.37. The maximum Gasteiger partial charge on any atom is 0.225 e. The Bertz CT molecular complexity index is 505. The molecule has 0 N–H and O–H groups in total. The quantitative estimate of drug-likeness (QED) is 0.850. The molecule has 0 bridgehead atoms. The van der Waals surface area contributed by atoms with Crippen molar-refractivity contribution >= 4 is 5.95 Å². The van der Waals surface area contributed by atoms with Gasteiger partial charge < -0.3 is 9.64 Å². The highest BCUT2D eigenvalue weighted by molar-refractivity contribution is 5.35. The summed E-state index contributed by atoms with van der Waals surface area (Å²) in [5, 5.41) is 0. The van der Waals surface area contributed by atoms with Crippen LogP contribution in [0.2, 0.25) is 0 Å². The van der Waals surface area contributed by atoms with Crippen molar-refractivity contribution in [2.45, 2.75) is 37.8 Å². The molecule has 1 aromatic rings. The molecule has 3 saturated heterocycles. The molecule has 3 fully saturated rings. The Kier molecular flexibility index (Phi) is 3.96. The highest BCUT2D eigenvalue weighted by atomic mass is 19.1. The molecule has 0 spiro atoms. The van der Waals surface area contributed by atoms with E-state index in [1.165, 1.54) is 31.8 Å². The maximum absolute atomic E-state index is 13.0. The highest BCUT2D eigenvalue weighted by Gasteiger charge is 2.43. The molecule has 6 heteroatoms. The van der Waals surface area contributed by atoms with Crippen molar-refractivity contribution in [2.75, 3.05) is 37.7 Å². The zero-order valence-electron chi connectivity index (χ0n) is 12.8. The number of likely N-dealkylation sites (tertiary alicyclic amines) is 1. The van der Waals surface area contributed by atoms with E-state index in [2.05, 4.69) is 19.8 Å². The molecule has 4 heterocycles. The largest absolute Gasteiger partial charge is 0.381 e. The van der Waals surface area contributed by atoms with Gasteiger partial charge in [-0.05, 0) is 31.6 Å². The lowest BCUT2D eigenvalue weighted by molar-refractivity contribution is 0.0508. The molecule has 0 aromatic carbocycles. The normalized spacial score (nSPS) is 30.0. The van der Waals surface area contributed by atoms with Crippen LogP contribution < -0.4 is 4.90 Å². The van der Waals surface area contributed by atoms with E-state index in [0.717, 1.165) is 45.1 Å². The Balaban J connectivity index is 1.41. The van der Waals surface area contributed by atoms with Crippen molar-refractivity contribution in [1.29, 1.82) is 0 Å².